The highest BCUT2D eigenvalue weighted by molar-refractivity contribution is 5.76. The molecule has 5 heteroatoms. The van der Waals surface area contributed by atoms with Crippen molar-refractivity contribution in [3.63, 3.8) is 0 Å². The lowest BCUT2D eigenvalue weighted by Gasteiger charge is -2.42. The Morgan fingerprint density at radius 3 is 2.17 bits per heavy atom. The zero-order chi connectivity index (χ0) is 16.7. The maximum Gasteiger partial charge on any atom is 0.320 e. The van der Waals surface area contributed by atoms with Crippen LogP contribution in [0.3, 0.4) is 0 Å². The molecule has 3 heterocycles. The SMILES string of the molecule is O=C(N1CCC(O)CC1)N1C2CCC1CC(c1ccc(F)cc1)C2. The first-order valence-electron chi connectivity index (χ1n) is 9.12. The molecule has 3 fully saturated rings. The van der Waals surface area contributed by atoms with Gasteiger partial charge in [0.1, 0.15) is 5.82 Å². The number of nitrogens with zero attached hydrogens (tertiary/aromatic N) is 2. The molecule has 130 valence electrons. The van der Waals surface area contributed by atoms with Crippen LogP contribution in [-0.2, 0) is 0 Å². The Balaban J connectivity index is 1.45. The molecule has 1 aromatic carbocycles. The molecule has 3 aliphatic rings. The molecular weight excluding hydrogens is 307 g/mol. The van der Waals surface area contributed by atoms with Gasteiger partial charge in [0.25, 0.3) is 0 Å². The lowest BCUT2D eigenvalue weighted by Crippen LogP contribution is -2.53. The minimum Gasteiger partial charge on any atom is -0.393 e. The average Bonchev–Trinajstić information content (AvgIpc) is 2.85. The van der Waals surface area contributed by atoms with E-state index in [0.717, 1.165) is 25.7 Å². The fourth-order valence-corrected chi connectivity index (χ4v) is 4.72. The molecule has 24 heavy (non-hydrogen) atoms. The normalized spacial score (nSPS) is 30.7. The van der Waals surface area contributed by atoms with Gasteiger partial charge in [-0.05, 0) is 62.1 Å². The van der Waals surface area contributed by atoms with Gasteiger partial charge in [-0.15, -0.1) is 0 Å². The van der Waals surface area contributed by atoms with Crippen molar-refractivity contribution >= 4 is 6.03 Å². The summed E-state index contributed by atoms with van der Waals surface area (Å²) >= 11 is 0. The van der Waals surface area contributed by atoms with Crippen molar-refractivity contribution in [2.45, 2.75) is 62.6 Å². The number of carbonyl (C=O) groups excluding carboxylic acids is 1. The summed E-state index contributed by atoms with van der Waals surface area (Å²) in [5.74, 6) is 0.233. The zero-order valence-electron chi connectivity index (χ0n) is 13.9. The van der Waals surface area contributed by atoms with E-state index in [-0.39, 0.29) is 18.0 Å². The van der Waals surface area contributed by atoms with E-state index in [1.165, 1.54) is 17.7 Å². The van der Waals surface area contributed by atoms with Gasteiger partial charge in [-0.1, -0.05) is 12.1 Å². The van der Waals surface area contributed by atoms with Crippen LogP contribution in [0.5, 0.6) is 0 Å². The largest absolute Gasteiger partial charge is 0.393 e. The molecule has 2 atom stereocenters. The van der Waals surface area contributed by atoms with E-state index in [9.17, 15) is 14.3 Å². The van der Waals surface area contributed by atoms with Crippen molar-refractivity contribution in [2.24, 2.45) is 0 Å². The molecule has 4 rings (SSSR count). The number of likely N-dealkylation sites (tertiary alicyclic amines) is 1. The number of benzene rings is 1. The predicted molar refractivity (Wildman–Crippen MR) is 89.2 cm³/mol. The van der Waals surface area contributed by atoms with Crippen molar-refractivity contribution in [1.29, 1.82) is 0 Å². The van der Waals surface area contributed by atoms with Gasteiger partial charge in [-0.2, -0.15) is 0 Å². The van der Waals surface area contributed by atoms with Crippen molar-refractivity contribution in [1.82, 2.24) is 9.80 Å². The Labute approximate surface area is 142 Å². The van der Waals surface area contributed by atoms with Crippen molar-refractivity contribution in [3.05, 3.63) is 35.6 Å². The number of hydrogen-bond acceptors (Lipinski definition) is 2. The topological polar surface area (TPSA) is 43.8 Å². The first kappa shape index (κ1) is 15.9. The molecule has 4 nitrogen and oxygen atoms in total. The second kappa shape index (κ2) is 6.36. The Hall–Kier alpha value is -1.62. The number of halogens is 1. The van der Waals surface area contributed by atoms with Crippen molar-refractivity contribution < 1.29 is 14.3 Å². The third kappa shape index (κ3) is 2.90. The molecule has 0 aromatic heterocycles. The fourth-order valence-electron chi connectivity index (χ4n) is 4.72. The van der Waals surface area contributed by atoms with E-state index in [2.05, 4.69) is 4.90 Å². The fraction of sp³-hybridized carbons (Fsp3) is 0.632. The minimum atomic E-state index is -0.255. The summed E-state index contributed by atoms with van der Waals surface area (Å²) in [6, 6.07) is 7.62. The van der Waals surface area contributed by atoms with Gasteiger partial charge < -0.3 is 14.9 Å². The predicted octanol–water partition coefficient (Wildman–Crippen LogP) is 3.11. The van der Waals surface area contributed by atoms with Crippen LogP contribution in [0.2, 0.25) is 0 Å². The molecule has 2 bridgehead atoms. The highest BCUT2D eigenvalue weighted by Crippen LogP contribution is 2.43. The molecule has 2 amide bonds. The van der Waals surface area contributed by atoms with Gasteiger partial charge in [0.15, 0.2) is 0 Å². The molecule has 3 aliphatic heterocycles. The summed E-state index contributed by atoms with van der Waals surface area (Å²) in [7, 11) is 0. The first-order valence-corrected chi connectivity index (χ1v) is 9.12. The van der Waals surface area contributed by atoms with Gasteiger partial charge in [-0.3, -0.25) is 0 Å². The van der Waals surface area contributed by atoms with Crippen LogP contribution in [0.1, 0.15) is 50.0 Å². The third-order valence-corrected chi connectivity index (χ3v) is 6.03. The summed E-state index contributed by atoms with van der Waals surface area (Å²) in [6.07, 6.45) is 5.22. The Morgan fingerprint density at radius 2 is 1.58 bits per heavy atom. The molecular formula is C19H25FN2O2. The van der Waals surface area contributed by atoms with Crippen LogP contribution >= 0.6 is 0 Å². The highest BCUT2D eigenvalue weighted by atomic mass is 19.1. The molecule has 1 N–H and O–H groups in total. The van der Waals surface area contributed by atoms with E-state index >= 15 is 0 Å². The number of rotatable bonds is 1. The van der Waals surface area contributed by atoms with Crippen LogP contribution < -0.4 is 0 Å². The average molecular weight is 332 g/mol. The highest BCUT2D eigenvalue weighted by Gasteiger charge is 2.45. The number of aliphatic hydroxyl groups excluding tert-OH is 1. The Bertz CT molecular complexity index is 584. The van der Waals surface area contributed by atoms with Gasteiger partial charge in [-0.25, -0.2) is 9.18 Å². The summed E-state index contributed by atoms with van der Waals surface area (Å²) in [5.41, 5.74) is 1.20. The summed E-state index contributed by atoms with van der Waals surface area (Å²) in [4.78, 5) is 17.0. The van der Waals surface area contributed by atoms with Crippen LogP contribution in [0, 0.1) is 5.82 Å². The van der Waals surface area contributed by atoms with Crippen LogP contribution in [0.25, 0.3) is 0 Å². The molecule has 0 radical (unpaired) electrons. The number of hydrogen-bond donors (Lipinski definition) is 1. The van der Waals surface area contributed by atoms with Crippen molar-refractivity contribution in [2.75, 3.05) is 13.1 Å². The van der Waals surface area contributed by atoms with Gasteiger partial charge >= 0.3 is 6.03 Å². The number of urea groups is 1. The minimum absolute atomic E-state index is 0.159. The summed E-state index contributed by atoms with van der Waals surface area (Å²) in [6.45, 7) is 1.33. The van der Waals surface area contributed by atoms with Crippen LogP contribution in [-0.4, -0.2) is 52.2 Å². The number of aliphatic hydroxyl groups is 1. The van der Waals surface area contributed by atoms with E-state index < -0.39 is 0 Å². The van der Waals surface area contributed by atoms with Crippen molar-refractivity contribution in [3.8, 4) is 0 Å². The lowest BCUT2D eigenvalue weighted by atomic mass is 9.85. The Kier molecular flexibility index (Phi) is 4.21. The first-order chi connectivity index (χ1) is 11.6. The second-order valence-corrected chi connectivity index (χ2v) is 7.51. The summed E-state index contributed by atoms with van der Waals surface area (Å²) < 4.78 is 13.1. The standard InChI is InChI=1S/C19H25FN2O2/c20-15-3-1-13(2-4-15)14-11-16-5-6-17(12-14)22(16)19(24)21-9-7-18(23)8-10-21/h1-4,14,16-18,23H,5-12H2. The van der Waals surface area contributed by atoms with Crippen LogP contribution in [0.15, 0.2) is 24.3 Å². The van der Waals surface area contributed by atoms with E-state index in [4.69, 9.17) is 0 Å². The van der Waals surface area contributed by atoms with E-state index in [1.54, 1.807) is 0 Å². The zero-order valence-corrected chi connectivity index (χ0v) is 13.9. The number of carbonyl (C=O) groups is 1. The third-order valence-electron chi connectivity index (χ3n) is 6.03. The molecule has 2 unspecified atom stereocenters. The van der Waals surface area contributed by atoms with Gasteiger partial charge in [0.05, 0.1) is 6.10 Å². The van der Waals surface area contributed by atoms with Gasteiger partial charge in [0, 0.05) is 25.2 Å². The molecule has 1 aromatic rings. The molecule has 0 saturated carbocycles. The van der Waals surface area contributed by atoms with Crippen LogP contribution in [0.4, 0.5) is 9.18 Å². The number of piperidine rings is 2. The number of fused-ring (bicyclic) bond motifs is 2. The molecule has 0 aliphatic carbocycles. The lowest BCUT2D eigenvalue weighted by molar-refractivity contribution is 0.0650. The van der Waals surface area contributed by atoms with Gasteiger partial charge in [0.2, 0.25) is 0 Å². The molecule has 3 saturated heterocycles. The monoisotopic (exact) mass is 332 g/mol. The maximum atomic E-state index is 13.1. The maximum absolute atomic E-state index is 13.1. The second-order valence-electron chi connectivity index (χ2n) is 7.51. The smallest absolute Gasteiger partial charge is 0.320 e. The quantitative estimate of drug-likeness (QED) is 0.859. The molecule has 0 spiro atoms. The Morgan fingerprint density at radius 1 is 1.00 bits per heavy atom. The van der Waals surface area contributed by atoms with E-state index in [0.29, 0.717) is 43.9 Å². The number of amides is 2. The summed E-state index contributed by atoms with van der Waals surface area (Å²) in [5, 5.41) is 9.64. The van der Waals surface area contributed by atoms with E-state index in [1.807, 2.05) is 17.0 Å².